The lowest BCUT2D eigenvalue weighted by Gasteiger charge is -2.17. The van der Waals surface area contributed by atoms with E-state index in [1.807, 2.05) is 18.2 Å². The summed E-state index contributed by atoms with van der Waals surface area (Å²) in [6.07, 6.45) is 0.958. The minimum atomic E-state index is 0.214. The third-order valence-electron chi connectivity index (χ3n) is 4.06. The number of hydrogen-bond acceptors (Lipinski definition) is 5. The Balaban J connectivity index is 1.79. The first-order chi connectivity index (χ1) is 11.7. The molecule has 24 heavy (non-hydrogen) atoms. The van der Waals surface area contributed by atoms with Gasteiger partial charge in [0.2, 0.25) is 0 Å². The van der Waals surface area contributed by atoms with Crippen LogP contribution in [-0.4, -0.2) is 12.1 Å². The van der Waals surface area contributed by atoms with Crippen LogP contribution in [0.5, 0.6) is 5.75 Å². The van der Waals surface area contributed by atoms with E-state index in [9.17, 15) is 0 Å². The zero-order valence-corrected chi connectivity index (χ0v) is 15.8. The van der Waals surface area contributed by atoms with Crippen LogP contribution in [0.2, 0.25) is 0 Å². The van der Waals surface area contributed by atoms with E-state index < -0.39 is 0 Å². The van der Waals surface area contributed by atoms with Crippen LogP contribution in [0.15, 0.2) is 41.8 Å². The van der Waals surface area contributed by atoms with Gasteiger partial charge in [-0.3, -0.25) is 0 Å². The number of nitrogens with zero attached hydrogens (tertiary/aromatic N) is 1. The Hall–Kier alpha value is -1.69. The van der Waals surface area contributed by atoms with Crippen LogP contribution in [-0.2, 0) is 13.0 Å². The summed E-state index contributed by atoms with van der Waals surface area (Å²) >= 11 is 3.59. The molecule has 0 aliphatic carbocycles. The maximum atomic E-state index is 5.46. The highest BCUT2D eigenvalue weighted by atomic mass is 32.1. The molecule has 0 bridgehead atoms. The first-order valence-electron chi connectivity index (χ1n) is 7.99. The van der Waals surface area contributed by atoms with Crippen LogP contribution in [0.1, 0.15) is 32.1 Å². The minimum Gasteiger partial charge on any atom is -0.496 e. The molecule has 0 spiro atoms. The molecular weight excluding hydrogens is 336 g/mol. The van der Waals surface area contributed by atoms with Gasteiger partial charge in [0.1, 0.15) is 10.8 Å². The standard InChI is InChI=1S/C19H22N2OS2/c1-13-14(2)24-19(21-13)17(11-16-8-6-10-23-16)20-12-15-7-4-5-9-18(15)22-3/h4-10,17,20H,11-12H2,1-3H3. The molecule has 0 saturated carbocycles. The second kappa shape index (κ2) is 7.92. The minimum absolute atomic E-state index is 0.214. The topological polar surface area (TPSA) is 34.1 Å². The van der Waals surface area contributed by atoms with E-state index in [4.69, 9.17) is 9.72 Å². The molecule has 0 amide bonds. The van der Waals surface area contributed by atoms with Crippen molar-refractivity contribution >= 4 is 22.7 Å². The lowest BCUT2D eigenvalue weighted by molar-refractivity contribution is 0.405. The van der Waals surface area contributed by atoms with Crippen LogP contribution >= 0.6 is 22.7 Å². The highest BCUT2D eigenvalue weighted by Gasteiger charge is 2.18. The summed E-state index contributed by atoms with van der Waals surface area (Å²) in [7, 11) is 1.72. The number of thiophene rings is 1. The smallest absolute Gasteiger partial charge is 0.123 e. The molecule has 2 aromatic heterocycles. The number of methoxy groups -OCH3 is 1. The largest absolute Gasteiger partial charge is 0.496 e. The maximum absolute atomic E-state index is 5.46. The van der Waals surface area contributed by atoms with Crippen molar-refractivity contribution in [2.45, 2.75) is 32.9 Å². The average Bonchev–Trinajstić information content (AvgIpc) is 3.22. The summed E-state index contributed by atoms with van der Waals surface area (Å²) in [4.78, 5) is 7.44. The average molecular weight is 359 g/mol. The van der Waals surface area contributed by atoms with Crippen molar-refractivity contribution in [3.05, 3.63) is 67.8 Å². The Labute approximate surface area is 151 Å². The number of aromatic nitrogens is 1. The molecule has 5 heteroatoms. The fourth-order valence-corrected chi connectivity index (χ4v) is 4.36. The Bertz CT molecular complexity index is 761. The molecule has 0 aliphatic rings. The van der Waals surface area contributed by atoms with Gasteiger partial charge in [-0.2, -0.15) is 0 Å². The number of aryl methyl sites for hydroxylation is 2. The molecule has 3 aromatic rings. The van der Waals surface area contributed by atoms with Gasteiger partial charge in [0.05, 0.1) is 18.8 Å². The first kappa shape index (κ1) is 17.1. The van der Waals surface area contributed by atoms with Crippen molar-refractivity contribution in [3.63, 3.8) is 0 Å². The van der Waals surface area contributed by atoms with Gasteiger partial charge in [0.25, 0.3) is 0 Å². The molecule has 0 saturated heterocycles. The zero-order valence-electron chi connectivity index (χ0n) is 14.2. The molecule has 0 radical (unpaired) electrons. The Morgan fingerprint density at radius 1 is 1.17 bits per heavy atom. The number of nitrogens with one attached hydrogen (secondary N) is 1. The van der Waals surface area contributed by atoms with E-state index in [0.29, 0.717) is 0 Å². The summed E-state index contributed by atoms with van der Waals surface area (Å²) in [5, 5.41) is 6.97. The summed E-state index contributed by atoms with van der Waals surface area (Å²) < 4.78 is 5.46. The molecule has 126 valence electrons. The summed E-state index contributed by atoms with van der Waals surface area (Å²) in [6, 6.07) is 12.7. The van der Waals surface area contributed by atoms with Crippen molar-refractivity contribution in [2.75, 3.05) is 7.11 Å². The zero-order chi connectivity index (χ0) is 16.9. The normalized spacial score (nSPS) is 12.3. The van der Waals surface area contributed by atoms with E-state index in [2.05, 4.69) is 42.7 Å². The maximum Gasteiger partial charge on any atom is 0.123 e. The predicted molar refractivity (Wildman–Crippen MR) is 102 cm³/mol. The Kier molecular flexibility index (Phi) is 5.66. The van der Waals surface area contributed by atoms with Crippen LogP contribution in [0.25, 0.3) is 0 Å². The molecule has 1 unspecified atom stereocenters. The molecule has 2 heterocycles. The van der Waals surface area contributed by atoms with Gasteiger partial charge in [-0.15, -0.1) is 22.7 Å². The van der Waals surface area contributed by atoms with Gasteiger partial charge in [0, 0.05) is 28.3 Å². The van der Waals surface area contributed by atoms with Crippen molar-refractivity contribution in [1.82, 2.24) is 10.3 Å². The summed E-state index contributed by atoms with van der Waals surface area (Å²) in [6.45, 7) is 4.98. The Morgan fingerprint density at radius 3 is 2.67 bits per heavy atom. The van der Waals surface area contributed by atoms with Crippen molar-refractivity contribution in [1.29, 1.82) is 0 Å². The van der Waals surface area contributed by atoms with E-state index in [1.165, 1.54) is 15.3 Å². The van der Waals surface area contributed by atoms with Crippen molar-refractivity contribution in [2.24, 2.45) is 0 Å². The number of benzene rings is 1. The van der Waals surface area contributed by atoms with E-state index in [0.717, 1.165) is 29.4 Å². The number of thiazole rings is 1. The van der Waals surface area contributed by atoms with Gasteiger partial charge < -0.3 is 10.1 Å². The molecule has 1 atom stereocenters. The first-order valence-corrected chi connectivity index (χ1v) is 9.68. The molecule has 0 aliphatic heterocycles. The second-order valence-electron chi connectivity index (χ2n) is 5.72. The second-order valence-corrected chi connectivity index (χ2v) is 7.99. The van der Waals surface area contributed by atoms with E-state index >= 15 is 0 Å². The molecule has 3 rings (SSSR count). The number of ether oxygens (including phenoxy) is 1. The van der Waals surface area contributed by atoms with Gasteiger partial charge in [0.15, 0.2) is 0 Å². The molecule has 1 N–H and O–H groups in total. The molecular formula is C19H22N2OS2. The van der Waals surface area contributed by atoms with Gasteiger partial charge >= 0.3 is 0 Å². The highest BCUT2D eigenvalue weighted by molar-refractivity contribution is 7.11. The SMILES string of the molecule is COc1ccccc1CNC(Cc1cccs1)c1nc(C)c(C)s1. The van der Waals surface area contributed by atoms with Crippen molar-refractivity contribution < 1.29 is 4.74 Å². The fourth-order valence-electron chi connectivity index (χ4n) is 2.61. The number of rotatable bonds is 7. The molecule has 0 fully saturated rings. The van der Waals surface area contributed by atoms with Crippen LogP contribution in [0.4, 0.5) is 0 Å². The third kappa shape index (κ3) is 4.04. The van der Waals surface area contributed by atoms with E-state index in [-0.39, 0.29) is 6.04 Å². The van der Waals surface area contributed by atoms with Crippen LogP contribution < -0.4 is 10.1 Å². The van der Waals surface area contributed by atoms with Crippen LogP contribution in [0, 0.1) is 13.8 Å². The summed E-state index contributed by atoms with van der Waals surface area (Å²) in [5.74, 6) is 0.923. The quantitative estimate of drug-likeness (QED) is 0.652. The predicted octanol–water partition coefficient (Wildman–Crippen LogP) is 4.90. The number of hydrogen-bond donors (Lipinski definition) is 1. The monoisotopic (exact) mass is 358 g/mol. The lowest BCUT2D eigenvalue weighted by atomic mass is 10.1. The highest BCUT2D eigenvalue weighted by Crippen LogP contribution is 2.28. The van der Waals surface area contributed by atoms with Crippen LogP contribution in [0.3, 0.4) is 0 Å². The summed E-state index contributed by atoms with van der Waals surface area (Å²) in [5.41, 5.74) is 2.30. The van der Waals surface area contributed by atoms with Gasteiger partial charge in [-0.25, -0.2) is 4.98 Å². The fraction of sp³-hybridized carbons (Fsp3) is 0.316. The van der Waals surface area contributed by atoms with E-state index in [1.54, 1.807) is 29.8 Å². The van der Waals surface area contributed by atoms with Gasteiger partial charge in [-0.1, -0.05) is 24.3 Å². The molecule has 3 nitrogen and oxygen atoms in total. The third-order valence-corrected chi connectivity index (χ3v) is 6.15. The molecule has 1 aromatic carbocycles. The number of para-hydroxylation sites is 1. The van der Waals surface area contributed by atoms with Gasteiger partial charge in [-0.05, 0) is 31.4 Å². The van der Waals surface area contributed by atoms with Crippen molar-refractivity contribution in [3.8, 4) is 5.75 Å². The Morgan fingerprint density at radius 2 is 2.00 bits per heavy atom. The lowest BCUT2D eigenvalue weighted by Crippen LogP contribution is -2.23.